The van der Waals surface area contributed by atoms with E-state index in [1.165, 1.54) is 24.3 Å². The number of aliphatic carboxylic acids is 1. The van der Waals surface area contributed by atoms with Crippen LogP contribution in [0.3, 0.4) is 0 Å². The molecule has 0 saturated heterocycles. The fraction of sp³-hybridized carbons (Fsp3) is 0.562. The Kier molecular flexibility index (Phi) is 6.78. The molecule has 1 atom stereocenters. The number of carboxylic acids is 1. The fourth-order valence-electron chi connectivity index (χ4n) is 2.48. The lowest BCUT2D eigenvalue weighted by atomic mass is 9.87. The molecule has 0 spiro atoms. The summed E-state index contributed by atoms with van der Waals surface area (Å²) in [5, 5.41) is 12.8. The van der Waals surface area contributed by atoms with Gasteiger partial charge in [-0.2, -0.15) is 0 Å². The van der Waals surface area contributed by atoms with Crippen molar-refractivity contribution in [3.8, 4) is 0 Å². The number of rotatable bonds is 9. The summed E-state index contributed by atoms with van der Waals surface area (Å²) in [5.41, 5.74) is -0.584. The largest absolute Gasteiger partial charge is 0.480 e. The molecule has 1 unspecified atom stereocenters. The van der Waals surface area contributed by atoms with Crippen molar-refractivity contribution in [3.05, 3.63) is 35.6 Å². The van der Waals surface area contributed by atoms with E-state index < -0.39 is 11.5 Å². The van der Waals surface area contributed by atoms with E-state index >= 15 is 0 Å². The number of benzene rings is 1. The van der Waals surface area contributed by atoms with Gasteiger partial charge in [-0.1, -0.05) is 32.9 Å². The van der Waals surface area contributed by atoms with E-state index in [1.54, 1.807) is 0 Å². The number of nitrogens with zero attached hydrogens (tertiary/aromatic N) is 1. The average molecular weight is 296 g/mol. The molecule has 0 fully saturated rings. The second-order valence-electron chi connectivity index (χ2n) is 5.02. The zero-order chi connectivity index (χ0) is 15.9. The summed E-state index contributed by atoms with van der Waals surface area (Å²) in [4.78, 5) is 14.0. The third kappa shape index (κ3) is 4.25. The van der Waals surface area contributed by atoms with Gasteiger partial charge in [0.25, 0.3) is 0 Å². The van der Waals surface area contributed by atoms with Gasteiger partial charge in [-0.15, -0.1) is 0 Å². The molecule has 118 valence electrons. The number of hydrogen-bond acceptors (Lipinski definition) is 3. The Bertz CT molecular complexity index is 446. The third-order valence-corrected chi connectivity index (χ3v) is 3.98. The fourth-order valence-corrected chi connectivity index (χ4v) is 2.48. The first-order chi connectivity index (χ1) is 10.00. The second-order valence-corrected chi connectivity index (χ2v) is 5.02. The van der Waals surface area contributed by atoms with E-state index in [0.717, 1.165) is 19.6 Å². The standard InChI is InChI=1S/C16H25FN2O2/c1-4-16(15(20)21,13-7-9-14(17)10-8-13)18-11-12-19(5-2)6-3/h7-10,18H,4-6,11-12H2,1-3H3,(H,20,21). The number of likely N-dealkylation sites (N-methyl/N-ethyl adjacent to an activating group) is 1. The summed E-state index contributed by atoms with van der Waals surface area (Å²) in [7, 11) is 0. The molecule has 5 heteroatoms. The van der Waals surface area contributed by atoms with Crippen LogP contribution in [0.15, 0.2) is 24.3 Å². The van der Waals surface area contributed by atoms with Crippen LogP contribution in [0, 0.1) is 5.82 Å². The van der Waals surface area contributed by atoms with Gasteiger partial charge in [0.15, 0.2) is 0 Å². The van der Waals surface area contributed by atoms with Gasteiger partial charge in [0.2, 0.25) is 0 Å². The van der Waals surface area contributed by atoms with Crippen LogP contribution in [0.4, 0.5) is 4.39 Å². The molecule has 1 aromatic rings. The normalized spacial score (nSPS) is 14.1. The highest BCUT2D eigenvalue weighted by Gasteiger charge is 2.38. The van der Waals surface area contributed by atoms with Crippen LogP contribution in [0.25, 0.3) is 0 Å². The molecular formula is C16H25FN2O2. The summed E-state index contributed by atoms with van der Waals surface area (Å²) in [6.07, 6.45) is 0.395. The summed E-state index contributed by atoms with van der Waals surface area (Å²) >= 11 is 0. The van der Waals surface area contributed by atoms with Crippen molar-refractivity contribution in [2.24, 2.45) is 0 Å². The van der Waals surface area contributed by atoms with Crippen molar-refractivity contribution in [2.45, 2.75) is 32.7 Å². The highest BCUT2D eigenvalue weighted by Crippen LogP contribution is 2.25. The zero-order valence-electron chi connectivity index (χ0n) is 13.0. The number of halogens is 1. The molecule has 0 amide bonds. The van der Waals surface area contributed by atoms with Gasteiger partial charge in [-0.25, -0.2) is 9.18 Å². The van der Waals surface area contributed by atoms with Crippen LogP contribution in [0.1, 0.15) is 32.8 Å². The van der Waals surface area contributed by atoms with E-state index in [0.29, 0.717) is 18.5 Å². The third-order valence-electron chi connectivity index (χ3n) is 3.98. The minimum absolute atomic E-state index is 0.364. The van der Waals surface area contributed by atoms with Crippen LogP contribution >= 0.6 is 0 Å². The molecule has 0 saturated carbocycles. The smallest absolute Gasteiger partial charge is 0.328 e. The van der Waals surface area contributed by atoms with Crippen molar-refractivity contribution < 1.29 is 14.3 Å². The van der Waals surface area contributed by atoms with E-state index in [1.807, 2.05) is 6.92 Å². The molecule has 0 aromatic heterocycles. The first-order valence-corrected chi connectivity index (χ1v) is 7.47. The SMILES string of the molecule is CCN(CC)CCNC(CC)(C(=O)O)c1ccc(F)cc1. The lowest BCUT2D eigenvalue weighted by molar-refractivity contribution is -0.145. The Morgan fingerprint density at radius 2 is 1.81 bits per heavy atom. The lowest BCUT2D eigenvalue weighted by Gasteiger charge is -2.31. The number of hydrogen-bond donors (Lipinski definition) is 2. The maximum atomic E-state index is 13.1. The van der Waals surface area contributed by atoms with Gasteiger partial charge in [0.05, 0.1) is 0 Å². The minimum atomic E-state index is -1.17. The molecule has 21 heavy (non-hydrogen) atoms. The van der Waals surface area contributed by atoms with Crippen LogP contribution in [0.2, 0.25) is 0 Å². The average Bonchev–Trinajstić information content (AvgIpc) is 2.49. The molecule has 0 radical (unpaired) electrons. The maximum absolute atomic E-state index is 13.1. The summed E-state index contributed by atoms with van der Waals surface area (Å²) in [5.74, 6) is -1.30. The first-order valence-electron chi connectivity index (χ1n) is 7.47. The van der Waals surface area contributed by atoms with Crippen molar-refractivity contribution in [1.82, 2.24) is 10.2 Å². The van der Waals surface area contributed by atoms with Gasteiger partial charge >= 0.3 is 5.97 Å². The Morgan fingerprint density at radius 1 is 1.24 bits per heavy atom. The molecule has 0 aliphatic rings. The Labute approximate surface area is 126 Å². The second kappa shape index (κ2) is 8.10. The molecule has 0 bridgehead atoms. The predicted molar refractivity (Wildman–Crippen MR) is 81.8 cm³/mol. The van der Waals surface area contributed by atoms with Crippen molar-refractivity contribution in [2.75, 3.05) is 26.2 Å². The molecule has 0 heterocycles. The summed E-state index contributed by atoms with van der Waals surface area (Å²) < 4.78 is 13.1. The van der Waals surface area contributed by atoms with Crippen molar-refractivity contribution in [1.29, 1.82) is 0 Å². The van der Waals surface area contributed by atoms with Gasteiger partial charge in [0.1, 0.15) is 11.4 Å². The summed E-state index contributed by atoms with van der Waals surface area (Å²) in [6.45, 7) is 9.19. The van der Waals surface area contributed by atoms with Crippen LogP contribution in [0.5, 0.6) is 0 Å². The molecule has 4 nitrogen and oxygen atoms in total. The number of carbonyl (C=O) groups is 1. The van der Waals surface area contributed by atoms with Gasteiger partial charge in [-0.3, -0.25) is 5.32 Å². The van der Waals surface area contributed by atoms with Crippen LogP contribution in [-0.4, -0.2) is 42.2 Å². The Balaban J connectivity index is 2.89. The van der Waals surface area contributed by atoms with E-state index in [4.69, 9.17) is 0 Å². The zero-order valence-corrected chi connectivity index (χ0v) is 13.0. The predicted octanol–water partition coefficient (Wildman–Crippen LogP) is 2.45. The molecule has 1 aromatic carbocycles. The van der Waals surface area contributed by atoms with E-state index in [9.17, 15) is 14.3 Å². The quantitative estimate of drug-likeness (QED) is 0.735. The van der Waals surface area contributed by atoms with Crippen molar-refractivity contribution in [3.63, 3.8) is 0 Å². The molecule has 2 N–H and O–H groups in total. The topological polar surface area (TPSA) is 52.6 Å². The lowest BCUT2D eigenvalue weighted by Crippen LogP contribution is -2.51. The van der Waals surface area contributed by atoms with Crippen LogP contribution in [-0.2, 0) is 10.3 Å². The van der Waals surface area contributed by atoms with Gasteiger partial charge < -0.3 is 10.0 Å². The maximum Gasteiger partial charge on any atom is 0.328 e. The summed E-state index contributed by atoms with van der Waals surface area (Å²) in [6, 6.07) is 5.68. The molecule has 1 rings (SSSR count). The molecule has 0 aliphatic carbocycles. The highest BCUT2D eigenvalue weighted by atomic mass is 19.1. The number of carboxylic acid groups (broad SMARTS) is 1. The number of nitrogens with one attached hydrogen (secondary N) is 1. The monoisotopic (exact) mass is 296 g/mol. The van der Waals surface area contributed by atoms with Gasteiger partial charge in [-0.05, 0) is 37.2 Å². The Hall–Kier alpha value is -1.46. The first kappa shape index (κ1) is 17.6. The Morgan fingerprint density at radius 3 is 2.24 bits per heavy atom. The van der Waals surface area contributed by atoms with E-state index in [2.05, 4.69) is 24.1 Å². The van der Waals surface area contributed by atoms with Crippen molar-refractivity contribution >= 4 is 5.97 Å². The highest BCUT2D eigenvalue weighted by molar-refractivity contribution is 5.80. The van der Waals surface area contributed by atoms with E-state index in [-0.39, 0.29) is 5.82 Å². The minimum Gasteiger partial charge on any atom is -0.480 e. The molecule has 0 aliphatic heterocycles. The molecular weight excluding hydrogens is 271 g/mol. The van der Waals surface area contributed by atoms with Gasteiger partial charge in [0, 0.05) is 13.1 Å². The van der Waals surface area contributed by atoms with Crippen LogP contribution < -0.4 is 5.32 Å².